The molecule has 0 aromatic heterocycles. The van der Waals surface area contributed by atoms with Crippen molar-refractivity contribution in [2.75, 3.05) is 19.8 Å². The monoisotopic (exact) mass is 174 g/mol. The molecule has 0 saturated carbocycles. The van der Waals surface area contributed by atoms with E-state index in [4.69, 9.17) is 9.84 Å². The van der Waals surface area contributed by atoms with Gasteiger partial charge in [0.05, 0.1) is 0 Å². The first kappa shape index (κ1) is 11.9. The fourth-order valence-electron chi connectivity index (χ4n) is 1.38. The van der Waals surface area contributed by atoms with Crippen LogP contribution in [0, 0.1) is 5.41 Å². The Morgan fingerprint density at radius 3 is 2.17 bits per heavy atom. The first-order valence-electron chi connectivity index (χ1n) is 4.95. The average Bonchev–Trinajstić information content (AvgIpc) is 2.09. The lowest BCUT2D eigenvalue weighted by molar-refractivity contribution is 0.0121. The molecule has 0 amide bonds. The van der Waals surface area contributed by atoms with Gasteiger partial charge in [-0.25, -0.2) is 0 Å². The summed E-state index contributed by atoms with van der Waals surface area (Å²) in [5, 5.41) is 8.74. The second-order valence-electron chi connectivity index (χ2n) is 3.40. The highest BCUT2D eigenvalue weighted by atomic mass is 16.5. The van der Waals surface area contributed by atoms with Gasteiger partial charge in [-0.15, -0.1) is 0 Å². The van der Waals surface area contributed by atoms with E-state index in [2.05, 4.69) is 6.92 Å². The Balaban J connectivity index is 0.000000561. The molecule has 1 rings (SSSR count). The largest absolute Gasteiger partial charge is 0.396 e. The second kappa shape index (κ2) is 6.44. The molecule has 0 atom stereocenters. The first-order valence-corrected chi connectivity index (χ1v) is 4.95. The van der Waals surface area contributed by atoms with Gasteiger partial charge in [0, 0.05) is 19.8 Å². The molecule has 74 valence electrons. The van der Waals surface area contributed by atoms with Crippen molar-refractivity contribution in [3.05, 3.63) is 0 Å². The van der Waals surface area contributed by atoms with Crippen molar-refractivity contribution in [3.8, 4) is 0 Å². The SMILES string of the molecule is CC.CC1(CCO)CCOCC1. The summed E-state index contributed by atoms with van der Waals surface area (Å²) in [6.45, 7) is 8.29. The Hall–Kier alpha value is -0.0800. The molecular formula is C10H22O2. The van der Waals surface area contributed by atoms with Gasteiger partial charge >= 0.3 is 0 Å². The molecule has 1 saturated heterocycles. The third-order valence-corrected chi connectivity index (χ3v) is 2.42. The van der Waals surface area contributed by atoms with E-state index in [1.165, 1.54) is 0 Å². The van der Waals surface area contributed by atoms with Crippen LogP contribution in [-0.4, -0.2) is 24.9 Å². The van der Waals surface area contributed by atoms with E-state index >= 15 is 0 Å². The summed E-state index contributed by atoms with van der Waals surface area (Å²) in [4.78, 5) is 0. The minimum atomic E-state index is 0.316. The highest BCUT2D eigenvalue weighted by molar-refractivity contribution is 4.76. The summed E-state index contributed by atoms with van der Waals surface area (Å²) in [5.41, 5.74) is 0.354. The van der Waals surface area contributed by atoms with Crippen LogP contribution in [0.4, 0.5) is 0 Å². The number of ether oxygens (including phenoxy) is 1. The molecule has 1 N–H and O–H groups in total. The minimum Gasteiger partial charge on any atom is -0.396 e. The molecule has 2 nitrogen and oxygen atoms in total. The van der Waals surface area contributed by atoms with Crippen LogP contribution in [0.2, 0.25) is 0 Å². The van der Waals surface area contributed by atoms with Gasteiger partial charge in [-0.3, -0.25) is 0 Å². The van der Waals surface area contributed by atoms with Crippen molar-refractivity contribution in [2.24, 2.45) is 5.41 Å². The van der Waals surface area contributed by atoms with Crippen LogP contribution >= 0.6 is 0 Å². The molecule has 0 aromatic carbocycles. The molecule has 1 fully saturated rings. The molecule has 12 heavy (non-hydrogen) atoms. The topological polar surface area (TPSA) is 29.5 Å². The van der Waals surface area contributed by atoms with E-state index in [1.807, 2.05) is 13.8 Å². The molecular weight excluding hydrogens is 152 g/mol. The van der Waals surface area contributed by atoms with Gasteiger partial charge in [-0.05, 0) is 24.7 Å². The van der Waals surface area contributed by atoms with E-state index in [0.29, 0.717) is 12.0 Å². The lowest BCUT2D eigenvalue weighted by Gasteiger charge is -2.32. The summed E-state index contributed by atoms with van der Waals surface area (Å²) in [6, 6.07) is 0. The highest BCUT2D eigenvalue weighted by Crippen LogP contribution is 2.32. The number of aliphatic hydroxyl groups is 1. The van der Waals surface area contributed by atoms with Crippen LogP contribution in [0.1, 0.15) is 40.0 Å². The van der Waals surface area contributed by atoms with Crippen molar-refractivity contribution in [1.29, 1.82) is 0 Å². The Bertz CT molecular complexity index is 90.5. The summed E-state index contributed by atoms with van der Waals surface area (Å²) in [5.74, 6) is 0. The fraction of sp³-hybridized carbons (Fsp3) is 1.00. The molecule has 0 aromatic rings. The Morgan fingerprint density at radius 1 is 1.25 bits per heavy atom. The zero-order valence-electron chi connectivity index (χ0n) is 8.60. The van der Waals surface area contributed by atoms with E-state index in [9.17, 15) is 0 Å². The molecule has 2 heteroatoms. The van der Waals surface area contributed by atoms with Crippen molar-refractivity contribution in [3.63, 3.8) is 0 Å². The maximum atomic E-state index is 8.74. The number of rotatable bonds is 2. The molecule has 0 radical (unpaired) electrons. The highest BCUT2D eigenvalue weighted by Gasteiger charge is 2.26. The summed E-state index contributed by atoms with van der Waals surface area (Å²) in [6.07, 6.45) is 3.14. The maximum absolute atomic E-state index is 8.74. The lowest BCUT2D eigenvalue weighted by Crippen LogP contribution is -2.27. The normalized spacial score (nSPS) is 21.0. The maximum Gasteiger partial charge on any atom is 0.0471 e. The molecule has 0 bridgehead atoms. The minimum absolute atomic E-state index is 0.316. The quantitative estimate of drug-likeness (QED) is 0.695. The number of hydrogen-bond donors (Lipinski definition) is 1. The number of hydrogen-bond acceptors (Lipinski definition) is 2. The molecule has 1 aliphatic heterocycles. The van der Waals surface area contributed by atoms with Crippen LogP contribution in [-0.2, 0) is 4.74 Å². The van der Waals surface area contributed by atoms with E-state index in [1.54, 1.807) is 0 Å². The first-order chi connectivity index (χ1) is 5.77. The standard InChI is InChI=1S/C8H16O2.C2H6/c1-8(2-5-9)3-6-10-7-4-8;1-2/h9H,2-7H2,1H3;1-2H3. The third kappa shape index (κ3) is 4.07. The van der Waals surface area contributed by atoms with Crippen molar-refractivity contribution in [2.45, 2.75) is 40.0 Å². The molecule has 0 spiro atoms. The Labute approximate surface area is 75.9 Å². The molecule has 1 aliphatic rings. The van der Waals surface area contributed by atoms with E-state index < -0.39 is 0 Å². The van der Waals surface area contributed by atoms with Crippen LogP contribution < -0.4 is 0 Å². The zero-order chi connectivity index (χ0) is 9.45. The van der Waals surface area contributed by atoms with Gasteiger partial charge in [0.2, 0.25) is 0 Å². The van der Waals surface area contributed by atoms with Crippen molar-refractivity contribution in [1.82, 2.24) is 0 Å². The predicted octanol–water partition coefficient (Wildman–Crippen LogP) is 2.21. The van der Waals surface area contributed by atoms with Gasteiger partial charge in [0.15, 0.2) is 0 Å². The van der Waals surface area contributed by atoms with Crippen LogP contribution in [0.25, 0.3) is 0 Å². The third-order valence-electron chi connectivity index (χ3n) is 2.42. The Morgan fingerprint density at radius 2 is 1.75 bits per heavy atom. The Kier molecular flexibility index (Phi) is 6.39. The molecule has 0 aliphatic carbocycles. The summed E-state index contributed by atoms with van der Waals surface area (Å²) >= 11 is 0. The molecule has 1 heterocycles. The van der Waals surface area contributed by atoms with Crippen LogP contribution in [0.15, 0.2) is 0 Å². The van der Waals surface area contributed by atoms with Crippen LogP contribution in [0.3, 0.4) is 0 Å². The van der Waals surface area contributed by atoms with E-state index in [-0.39, 0.29) is 0 Å². The number of aliphatic hydroxyl groups excluding tert-OH is 1. The average molecular weight is 174 g/mol. The fourth-order valence-corrected chi connectivity index (χ4v) is 1.38. The second-order valence-corrected chi connectivity index (χ2v) is 3.40. The van der Waals surface area contributed by atoms with Gasteiger partial charge in [0.25, 0.3) is 0 Å². The summed E-state index contributed by atoms with van der Waals surface area (Å²) in [7, 11) is 0. The van der Waals surface area contributed by atoms with Crippen molar-refractivity contribution < 1.29 is 9.84 Å². The zero-order valence-corrected chi connectivity index (χ0v) is 8.60. The molecule has 0 unspecified atom stereocenters. The predicted molar refractivity (Wildman–Crippen MR) is 51.2 cm³/mol. The summed E-state index contributed by atoms with van der Waals surface area (Å²) < 4.78 is 5.23. The van der Waals surface area contributed by atoms with Crippen molar-refractivity contribution >= 4 is 0 Å². The van der Waals surface area contributed by atoms with Crippen LogP contribution in [0.5, 0.6) is 0 Å². The van der Waals surface area contributed by atoms with Gasteiger partial charge in [0.1, 0.15) is 0 Å². The lowest BCUT2D eigenvalue weighted by atomic mass is 9.80. The smallest absolute Gasteiger partial charge is 0.0471 e. The van der Waals surface area contributed by atoms with Gasteiger partial charge < -0.3 is 9.84 Å². The van der Waals surface area contributed by atoms with Gasteiger partial charge in [-0.2, -0.15) is 0 Å². The van der Waals surface area contributed by atoms with E-state index in [0.717, 1.165) is 32.5 Å². The van der Waals surface area contributed by atoms with Gasteiger partial charge in [-0.1, -0.05) is 20.8 Å².